The molecule has 0 saturated carbocycles. The molecule has 2 aliphatic heterocycles. The zero-order valence-electron chi connectivity index (χ0n) is 22.0. The summed E-state index contributed by atoms with van der Waals surface area (Å²) < 4.78 is 21.5. The van der Waals surface area contributed by atoms with Crippen molar-refractivity contribution in [3.63, 3.8) is 0 Å². The monoisotopic (exact) mass is 544 g/mol. The number of pyridine rings is 1. The Morgan fingerprint density at radius 1 is 1.02 bits per heavy atom. The summed E-state index contributed by atoms with van der Waals surface area (Å²) >= 11 is 0. The molecule has 11 heteroatoms. The molecule has 2 N–H and O–H groups in total. The molecule has 0 aliphatic carbocycles. The minimum Gasteiger partial charge on any atom is -0.497 e. The molecule has 0 spiro atoms. The number of benzene rings is 2. The number of rotatable bonds is 9. The predicted octanol–water partition coefficient (Wildman–Crippen LogP) is 3.33. The number of urea groups is 1. The Balaban J connectivity index is 1.55. The molecule has 0 unspecified atom stereocenters. The van der Waals surface area contributed by atoms with Gasteiger partial charge < -0.3 is 34.5 Å². The van der Waals surface area contributed by atoms with E-state index in [9.17, 15) is 14.4 Å². The minimum absolute atomic E-state index is 0.0795. The van der Waals surface area contributed by atoms with Crippen LogP contribution < -0.4 is 24.8 Å². The van der Waals surface area contributed by atoms with Gasteiger partial charge in [0.25, 0.3) is 5.91 Å². The summed E-state index contributed by atoms with van der Waals surface area (Å²) in [7, 11) is 1.55. The first kappa shape index (κ1) is 26.5. The van der Waals surface area contributed by atoms with Crippen LogP contribution in [0.2, 0.25) is 0 Å². The molecule has 0 radical (unpaired) electrons. The van der Waals surface area contributed by atoms with Gasteiger partial charge in [0.2, 0.25) is 6.79 Å². The number of hydrogen-bond acceptors (Lipinski definition) is 8. The standard InChI is InChI=1S/C29H28N4O7/c1-3-38-28(35)25-22(31-29(36)32-26(25)19-5-7-21(37-2)8-6-19)16-33(27(34)20-10-12-30-13-11-20)15-18-4-9-23-24(14-18)40-17-39-23/h4-14,26H,3,15-17H2,1-2H3,(H2,31,32,36)/t26-/m0/s1. The molecule has 1 atom stereocenters. The molecule has 0 saturated heterocycles. The van der Waals surface area contributed by atoms with Gasteiger partial charge in [0.05, 0.1) is 37.6 Å². The molecule has 0 fully saturated rings. The Morgan fingerprint density at radius 2 is 1.77 bits per heavy atom. The van der Waals surface area contributed by atoms with E-state index in [4.69, 9.17) is 18.9 Å². The van der Waals surface area contributed by atoms with Crippen LogP contribution in [0.3, 0.4) is 0 Å². The third-order valence-corrected chi connectivity index (χ3v) is 6.47. The lowest BCUT2D eigenvalue weighted by atomic mass is 9.94. The fourth-order valence-electron chi connectivity index (χ4n) is 4.57. The summed E-state index contributed by atoms with van der Waals surface area (Å²) in [6.45, 7) is 2.04. The Bertz CT molecular complexity index is 1440. The van der Waals surface area contributed by atoms with Gasteiger partial charge in [-0.3, -0.25) is 9.78 Å². The van der Waals surface area contributed by atoms with E-state index in [0.717, 1.165) is 5.56 Å². The molecular weight excluding hydrogens is 516 g/mol. The van der Waals surface area contributed by atoms with Gasteiger partial charge in [-0.15, -0.1) is 0 Å². The first-order valence-corrected chi connectivity index (χ1v) is 12.7. The normalized spacial score (nSPS) is 15.7. The molecule has 5 rings (SSSR count). The number of carbonyl (C=O) groups is 3. The number of hydrogen-bond donors (Lipinski definition) is 2. The average molecular weight is 545 g/mol. The SMILES string of the molecule is CCOC(=O)C1=C(CN(Cc2ccc3c(c2)OCO3)C(=O)c2ccncc2)NC(=O)N[C@H]1c1ccc(OC)cc1. The average Bonchev–Trinajstić information content (AvgIpc) is 3.45. The van der Waals surface area contributed by atoms with Gasteiger partial charge in [-0.25, -0.2) is 9.59 Å². The maximum Gasteiger partial charge on any atom is 0.338 e. The fraction of sp³-hybridized carbons (Fsp3) is 0.241. The van der Waals surface area contributed by atoms with E-state index >= 15 is 0 Å². The van der Waals surface area contributed by atoms with Crippen molar-refractivity contribution in [1.29, 1.82) is 0 Å². The van der Waals surface area contributed by atoms with E-state index in [0.29, 0.717) is 28.4 Å². The second-order valence-electron chi connectivity index (χ2n) is 9.00. The molecule has 3 heterocycles. The van der Waals surface area contributed by atoms with Crippen LogP contribution in [0.25, 0.3) is 0 Å². The van der Waals surface area contributed by atoms with Gasteiger partial charge >= 0.3 is 12.0 Å². The highest BCUT2D eigenvalue weighted by molar-refractivity contribution is 5.97. The van der Waals surface area contributed by atoms with E-state index in [1.807, 2.05) is 6.07 Å². The lowest BCUT2D eigenvalue weighted by Crippen LogP contribution is -2.49. The van der Waals surface area contributed by atoms with E-state index in [1.165, 1.54) is 17.3 Å². The van der Waals surface area contributed by atoms with Crippen LogP contribution in [0.15, 0.2) is 78.3 Å². The molecule has 11 nitrogen and oxygen atoms in total. The van der Waals surface area contributed by atoms with Crippen LogP contribution in [-0.2, 0) is 16.1 Å². The molecule has 2 aliphatic rings. The summed E-state index contributed by atoms with van der Waals surface area (Å²) in [5.41, 5.74) is 2.29. The number of nitrogens with one attached hydrogen (secondary N) is 2. The predicted molar refractivity (Wildman–Crippen MR) is 143 cm³/mol. The first-order chi connectivity index (χ1) is 19.5. The fourth-order valence-corrected chi connectivity index (χ4v) is 4.57. The van der Waals surface area contributed by atoms with E-state index in [2.05, 4.69) is 15.6 Å². The first-order valence-electron chi connectivity index (χ1n) is 12.7. The lowest BCUT2D eigenvalue weighted by molar-refractivity contribution is -0.139. The van der Waals surface area contributed by atoms with Crippen LogP contribution in [0, 0.1) is 0 Å². The summed E-state index contributed by atoms with van der Waals surface area (Å²) in [4.78, 5) is 45.4. The van der Waals surface area contributed by atoms with Crippen molar-refractivity contribution in [2.45, 2.75) is 19.5 Å². The van der Waals surface area contributed by atoms with E-state index in [-0.39, 0.29) is 43.7 Å². The lowest BCUT2D eigenvalue weighted by Gasteiger charge is -2.32. The third kappa shape index (κ3) is 5.68. The number of ether oxygens (including phenoxy) is 4. The van der Waals surface area contributed by atoms with Crippen LogP contribution in [0.1, 0.15) is 34.5 Å². The molecule has 2 aromatic carbocycles. The van der Waals surface area contributed by atoms with Crippen LogP contribution >= 0.6 is 0 Å². The number of amides is 3. The summed E-state index contributed by atoms with van der Waals surface area (Å²) in [6, 6.07) is 14.3. The van der Waals surface area contributed by atoms with Gasteiger partial charge in [-0.2, -0.15) is 0 Å². The topological polar surface area (TPSA) is 128 Å². The van der Waals surface area contributed by atoms with Crippen molar-refractivity contribution in [1.82, 2.24) is 20.5 Å². The Morgan fingerprint density at radius 3 is 2.50 bits per heavy atom. The molecule has 3 aromatic rings. The quantitative estimate of drug-likeness (QED) is 0.393. The molecular formula is C29H28N4O7. The maximum absolute atomic E-state index is 13.7. The zero-order chi connectivity index (χ0) is 28.1. The second-order valence-corrected chi connectivity index (χ2v) is 9.00. The van der Waals surface area contributed by atoms with Crippen LogP contribution in [0.4, 0.5) is 4.79 Å². The van der Waals surface area contributed by atoms with Crippen LogP contribution in [0.5, 0.6) is 17.2 Å². The number of nitrogens with zero attached hydrogens (tertiary/aromatic N) is 2. The molecule has 3 amide bonds. The van der Waals surface area contributed by atoms with Crippen molar-refractivity contribution in [3.8, 4) is 17.2 Å². The van der Waals surface area contributed by atoms with Crippen molar-refractivity contribution < 1.29 is 33.3 Å². The summed E-state index contributed by atoms with van der Waals surface area (Å²) in [6.07, 6.45) is 3.06. The van der Waals surface area contributed by atoms with Crippen molar-refractivity contribution in [3.05, 3.63) is 95.0 Å². The highest BCUT2D eigenvalue weighted by Crippen LogP contribution is 2.34. The third-order valence-electron chi connectivity index (χ3n) is 6.47. The smallest absolute Gasteiger partial charge is 0.338 e. The number of aromatic nitrogens is 1. The van der Waals surface area contributed by atoms with Gasteiger partial charge in [0.1, 0.15) is 5.75 Å². The molecule has 1 aromatic heterocycles. The number of esters is 1. The highest BCUT2D eigenvalue weighted by atomic mass is 16.7. The van der Waals surface area contributed by atoms with Gasteiger partial charge in [0, 0.05) is 24.5 Å². The number of fused-ring (bicyclic) bond motifs is 1. The summed E-state index contributed by atoms with van der Waals surface area (Å²) in [5.74, 6) is 0.907. The van der Waals surface area contributed by atoms with E-state index < -0.39 is 18.0 Å². The Hall–Kier alpha value is -5.06. The van der Waals surface area contributed by atoms with Gasteiger partial charge in [-0.05, 0) is 54.4 Å². The maximum atomic E-state index is 13.7. The Labute approximate surface area is 230 Å². The van der Waals surface area contributed by atoms with Crippen molar-refractivity contribution in [2.75, 3.05) is 27.1 Å². The van der Waals surface area contributed by atoms with Crippen LogP contribution in [-0.4, -0.2) is 54.8 Å². The number of methoxy groups -OCH3 is 1. The molecule has 0 bridgehead atoms. The van der Waals surface area contributed by atoms with Crippen molar-refractivity contribution >= 4 is 17.9 Å². The molecule has 206 valence electrons. The summed E-state index contributed by atoms with van der Waals surface area (Å²) in [5, 5.41) is 5.56. The van der Waals surface area contributed by atoms with Gasteiger partial charge in [0.15, 0.2) is 11.5 Å². The van der Waals surface area contributed by atoms with E-state index in [1.54, 1.807) is 62.6 Å². The minimum atomic E-state index is -0.808. The highest BCUT2D eigenvalue weighted by Gasteiger charge is 2.35. The zero-order valence-corrected chi connectivity index (χ0v) is 22.0. The molecule has 40 heavy (non-hydrogen) atoms. The van der Waals surface area contributed by atoms with Crippen molar-refractivity contribution in [2.24, 2.45) is 0 Å². The largest absolute Gasteiger partial charge is 0.497 e. The second kappa shape index (κ2) is 11.8. The number of carbonyl (C=O) groups excluding carboxylic acids is 3. The Kier molecular flexibility index (Phi) is 7.81. The van der Waals surface area contributed by atoms with Gasteiger partial charge in [-0.1, -0.05) is 18.2 Å².